The number of aromatic nitrogens is 3. The molecule has 0 spiro atoms. The molecule has 5 nitrogen and oxygen atoms in total. The Kier molecular flexibility index (Phi) is 4.46. The SMILES string of the molecule is CCC(C)CNC(=O)c1n[nH]c(C(C)C)n1. The lowest BCUT2D eigenvalue weighted by atomic mass is 10.1. The van der Waals surface area contributed by atoms with Gasteiger partial charge in [-0.3, -0.25) is 9.89 Å². The summed E-state index contributed by atoms with van der Waals surface area (Å²) < 4.78 is 0. The Labute approximate surface area is 96.0 Å². The second-order valence-electron chi connectivity index (χ2n) is 4.42. The summed E-state index contributed by atoms with van der Waals surface area (Å²) in [6, 6.07) is 0. The van der Waals surface area contributed by atoms with Crippen LogP contribution in [0.2, 0.25) is 0 Å². The van der Waals surface area contributed by atoms with Crippen LogP contribution in [0.4, 0.5) is 0 Å². The molecule has 1 amide bonds. The predicted molar refractivity (Wildman–Crippen MR) is 62.3 cm³/mol. The molecule has 0 bridgehead atoms. The first-order chi connectivity index (χ1) is 7.54. The molecule has 0 saturated heterocycles. The van der Waals surface area contributed by atoms with Crippen molar-refractivity contribution >= 4 is 5.91 Å². The van der Waals surface area contributed by atoms with Crippen molar-refractivity contribution in [2.75, 3.05) is 6.54 Å². The number of H-pyrrole nitrogens is 1. The van der Waals surface area contributed by atoms with E-state index in [1.165, 1.54) is 0 Å². The van der Waals surface area contributed by atoms with Crippen molar-refractivity contribution < 1.29 is 4.79 Å². The lowest BCUT2D eigenvalue weighted by Crippen LogP contribution is -2.28. The van der Waals surface area contributed by atoms with Gasteiger partial charge in [-0.05, 0) is 5.92 Å². The molecule has 90 valence electrons. The molecule has 1 rings (SSSR count). The van der Waals surface area contributed by atoms with Gasteiger partial charge in [-0.2, -0.15) is 0 Å². The maximum Gasteiger partial charge on any atom is 0.290 e. The van der Waals surface area contributed by atoms with Crippen molar-refractivity contribution in [2.45, 2.75) is 40.0 Å². The third kappa shape index (κ3) is 3.32. The Bertz CT molecular complexity index is 346. The maximum atomic E-state index is 11.6. The molecule has 0 fully saturated rings. The highest BCUT2D eigenvalue weighted by molar-refractivity contribution is 5.90. The van der Waals surface area contributed by atoms with Gasteiger partial charge in [0.2, 0.25) is 5.82 Å². The number of hydrogen-bond acceptors (Lipinski definition) is 3. The highest BCUT2D eigenvalue weighted by Crippen LogP contribution is 2.07. The van der Waals surface area contributed by atoms with Gasteiger partial charge in [0.25, 0.3) is 5.91 Å². The van der Waals surface area contributed by atoms with E-state index in [2.05, 4.69) is 34.3 Å². The number of carbonyl (C=O) groups is 1. The fourth-order valence-electron chi connectivity index (χ4n) is 1.12. The molecule has 2 N–H and O–H groups in total. The number of carbonyl (C=O) groups excluding carboxylic acids is 1. The van der Waals surface area contributed by atoms with Crippen LogP contribution in [0.3, 0.4) is 0 Å². The van der Waals surface area contributed by atoms with Gasteiger partial charge in [0.15, 0.2) is 0 Å². The molecule has 1 aromatic rings. The smallest absolute Gasteiger partial charge is 0.290 e. The van der Waals surface area contributed by atoms with Crippen molar-refractivity contribution in [3.8, 4) is 0 Å². The van der Waals surface area contributed by atoms with E-state index in [9.17, 15) is 4.79 Å². The van der Waals surface area contributed by atoms with Gasteiger partial charge in [0, 0.05) is 12.5 Å². The number of rotatable bonds is 5. The highest BCUT2D eigenvalue weighted by Gasteiger charge is 2.14. The Morgan fingerprint density at radius 3 is 2.62 bits per heavy atom. The van der Waals surface area contributed by atoms with E-state index >= 15 is 0 Å². The van der Waals surface area contributed by atoms with Crippen LogP contribution in [0, 0.1) is 5.92 Å². The third-order valence-corrected chi connectivity index (χ3v) is 2.56. The Morgan fingerprint density at radius 1 is 1.44 bits per heavy atom. The monoisotopic (exact) mass is 224 g/mol. The minimum atomic E-state index is -0.205. The first-order valence-electron chi connectivity index (χ1n) is 5.75. The summed E-state index contributed by atoms with van der Waals surface area (Å²) in [6.07, 6.45) is 1.05. The molecule has 1 heterocycles. The molecule has 16 heavy (non-hydrogen) atoms. The molecule has 0 aromatic carbocycles. The zero-order chi connectivity index (χ0) is 12.1. The van der Waals surface area contributed by atoms with Crippen LogP contribution in [0.1, 0.15) is 56.5 Å². The normalized spacial score (nSPS) is 12.8. The molecular weight excluding hydrogens is 204 g/mol. The van der Waals surface area contributed by atoms with E-state index in [1.54, 1.807) is 0 Å². The fourth-order valence-corrected chi connectivity index (χ4v) is 1.12. The number of amides is 1. The standard InChI is InChI=1S/C11H20N4O/c1-5-8(4)6-12-11(16)10-13-9(7(2)3)14-15-10/h7-8H,5-6H2,1-4H3,(H,12,16)(H,13,14,15). The molecule has 0 aliphatic carbocycles. The number of nitrogens with zero attached hydrogens (tertiary/aromatic N) is 2. The molecule has 0 aliphatic rings. The Hall–Kier alpha value is -1.39. The summed E-state index contributed by atoms with van der Waals surface area (Å²) in [5.74, 6) is 1.50. The van der Waals surface area contributed by atoms with Crippen LogP contribution >= 0.6 is 0 Å². The third-order valence-electron chi connectivity index (χ3n) is 2.56. The van der Waals surface area contributed by atoms with Gasteiger partial charge >= 0.3 is 0 Å². The summed E-state index contributed by atoms with van der Waals surface area (Å²) in [5.41, 5.74) is 0. The van der Waals surface area contributed by atoms with Gasteiger partial charge < -0.3 is 5.32 Å². The summed E-state index contributed by atoms with van der Waals surface area (Å²) in [5, 5.41) is 9.48. The predicted octanol–water partition coefficient (Wildman–Crippen LogP) is 1.70. The molecule has 5 heteroatoms. The van der Waals surface area contributed by atoms with E-state index in [0.717, 1.165) is 12.2 Å². The largest absolute Gasteiger partial charge is 0.349 e. The van der Waals surface area contributed by atoms with Gasteiger partial charge in [0.05, 0.1) is 0 Å². The van der Waals surface area contributed by atoms with Gasteiger partial charge in [-0.1, -0.05) is 34.1 Å². The molecular formula is C11H20N4O. The van der Waals surface area contributed by atoms with Crippen LogP contribution in [-0.4, -0.2) is 27.6 Å². The van der Waals surface area contributed by atoms with Crippen molar-refractivity contribution in [3.05, 3.63) is 11.6 Å². The second kappa shape index (κ2) is 5.63. The summed E-state index contributed by atoms with van der Waals surface area (Å²) in [4.78, 5) is 15.8. The van der Waals surface area contributed by atoms with E-state index in [1.807, 2.05) is 13.8 Å². The fraction of sp³-hybridized carbons (Fsp3) is 0.727. The summed E-state index contributed by atoms with van der Waals surface area (Å²) in [7, 11) is 0. The number of nitrogens with one attached hydrogen (secondary N) is 2. The Morgan fingerprint density at radius 2 is 2.12 bits per heavy atom. The zero-order valence-electron chi connectivity index (χ0n) is 10.4. The minimum absolute atomic E-state index is 0.205. The summed E-state index contributed by atoms with van der Waals surface area (Å²) >= 11 is 0. The topological polar surface area (TPSA) is 70.7 Å². The van der Waals surface area contributed by atoms with Gasteiger partial charge in [0.1, 0.15) is 5.82 Å². The van der Waals surface area contributed by atoms with Gasteiger partial charge in [-0.15, -0.1) is 5.10 Å². The van der Waals surface area contributed by atoms with Crippen molar-refractivity contribution in [1.29, 1.82) is 0 Å². The lowest BCUT2D eigenvalue weighted by Gasteiger charge is -2.07. The first kappa shape index (κ1) is 12.7. The van der Waals surface area contributed by atoms with Crippen LogP contribution in [0.25, 0.3) is 0 Å². The van der Waals surface area contributed by atoms with Crippen molar-refractivity contribution in [1.82, 2.24) is 20.5 Å². The highest BCUT2D eigenvalue weighted by atomic mass is 16.2. The molecule has 0 saturated carbocycles. The zero-order valence-corrected chi connectivity index (χ0v) is 10.4. The van der Waals surface area contributed by atoms with Crippen LogP contribution in [-0.2, 0) is 0 Å². The Balaban J connectivity index is 2.53. The van der Waals surface area contributed by atoms with Crippen molar-refractivity contribution in [2.24, 2.45) is 5.92 Å². The molecule has 1 unspecified atom stereocenters. The molecule has 0 radical (unpaired) electrons. The van der Waals surface area contributed by atoms with E-state index in [0.29, 0.717) is 12.5 Å². The quantitative estimate of drug-likeness (QED) is 0.799. The average Bonchev–Trinajstić information content (AvgIpc) is 2.74. The number of aromatic amines is 1. The summed E-state index contributed by atoms with van der Waals surface area (Å²) in [6.45, 7) is 8.86. The van der Waals surface area contributed by atoms with Crippen molar-refractivity contribution in [3.63, 3.8) is 0 Å². The molecule has 1 aromatic heterocycles. The first-order valence-corrected chi connectivity index (χ1v) is 5.75. The van der Waals surface area contributed by atoms with Crippen LogP contribution in [0.5, 0.6) is 0 Å². The van der Waals surface area contributed by atoms with Gasteiger partial charge in [-0.25, -0.2) is 4.98 Å². The number of hydrogen-bond donors (Lipinski definition) is 2. The minimum Gasteiger partial charge on any atom is -0.349 e. The molecule has 1 atom stereocenters. The maximum absolute atomic E-state index is 11.6. The van der Waals surface area contributed by atoms with E-state index in [4.69, 9.17) is 0 Å². The second-order valence-corrected chi connectivity index (χ2v) is 4.42. The van der Waals surface area contributed by atoms with Crippen LogP contribution in [0.15, 0.2) is 0 Å². The van der Waals surface area contributed by atoms with Crippen LogP contribution < -0.4 is 5.32 Å². The van der Waals surface area contributed by atoms with E-state index < -0.39 is 0 Å². The average molecular weight is 224 g/mol. The van der Waals surface area contributed by atoms with E-state index in [-0.39, 0.29) is 17.6 Å². The lowest BCUT2D eigenvalue weighted by molar-refractivity contribution is 0.0937. The molecule has 0 aliphatic heterocycles.